The van der Waals surface area contributed by atoms with Gasteiger partial charge in [-0.25, -0.2) is 18.4 Å². The number of aryl methyl sites for hydroxylation is 1. The molecule has 0 radical (unpaired) electrons. The number of aromatic nitrogens is 4. The van der Waals surface area contributed by atoms with E-state index in [1.807, 2.05) is 62.4 Å². The second kappa shape index (κ2) is 15.1. The SMILES string of the molecule is CCOc1c(Nc2cc(C)[nH]n2)nc(Sc2ccc(S(=O)(=O)Cc3ccccc3)cc2)nc1N1CCN(CCN2C3CCCC2CC3)CC1. The molecule has 3 saturated heterocycles. The van der Waals surface area contributed by atoms with E-state index in [2.05, 4.69) is 30.2 Å². The predicted molar refractivity (Wildman–Crippen MR) is 194 cm³/mol. The maximum absolute atomic E-state index is 13.1. The van der Waals surface area contributed by atoms with Crippen LogP contribution in [0.25, 0.3) is 0 Å². The first-order chi connectivity index (χ1) is 23.8. The highest BCUT2D eigenvalue weighted by Crippen LogP contribution is 2.39. The minimum atomic E-state index is -3.48. The number of H-pyrrole nitrogens is 1. The molecule has 3 fully saturated rings. The van der Waals surface area contributed by atoms with Gasteiger partial charge in [0.1, 0.15) is 0 Å². The lowest BCUT2D eigenvalue weighted by atomic mass is 10.0. The summed E-state index contributed by atoms with van der Waals surface area (Å²) in [5.41, 5.74) is 1.69. The zero-order chi connectivity index (χ0) is 33.8. The van der Waals surface area contributed by atoms with Gasteiger partial charge >= 0.3 is 0 Å². The third kappa shape index (κ3) is 8.06. The molecule has 0 saturated carbocycles. The molecule has 13 heteroatoms. The Kier molecular flexibility index (Phi) is 10.4. The van der Waals surface area contributed by atoms with Crippen LogP contribution in [0.15, 0.2) is 75.6 Å². The van der Waals surface area contributed by atoms with Crippen LogP contribution in [-0.4, -0.2) is 96.3 Å². The lowest BCUT2D eigenvalue weighted by Gasteiger charge is -2.39. The molecule has 5 heterocycles. The first-order valence-electron chi connectivity index (χ1n) is 17.5. The number of hydrogen-bond acceptors (Lipinski definition) is 11. The molecule has 2 atom stereocenters. The molecule has 2 aromatic heterocycles. The summed E-state index contributed by atoms with van der Waals surface area (Å²) in [6.45, 7) is 10.2. The van der Waals surface area contributed by atoms with Crippen LogP contribution in [-0.2, 0) is 15.6 Å². The van der Waals surface area contributed by atoms with Crippen LogP contribution < -0.4 is 15.0 Å². The summed E-state index contributed by atoms with van der Waals surface area (Å²) >= 11 is 1.39. The Balaban J connectivity index is 1.09. The minimum absolute atomic E-state index is 0.0417. The Morgan fingerprint density at radius 2 is 1.67 bits per heavy atom. The van der Waals surface area contributed by atoms with Gasteiger partial charge in [-0.05, 0) is 81.1 Å². The zero-order valence-electron chi connectivity index (χ0n) is 28.3. The van der Waals surface area contributed by atoms with Crippen molar-refractivity contribution in [1.29, 1.82) is 0 Å². The summed E-state index contributed by atoms with van der Waals surface area (Å²) < 4.78 is 32.5. The van der Waals surface area contributed by atoms with E-state index in [0.29, 0.717) is 29.1 Å². The highest BCUT2D eigenvalue weighted by atomic mass is 32.2. The molecule has 0 amide bonds. The molecule has 11 nitrogen and oxygen atoms in total. The molecule has 0 aliphatic carbocycles. The molecule has 2 N–H and O–H groups in total. The normalized spacial score (nSPS) is 20.1. The van der Waals surface area contributed by atoms with Crippen LogP contribution in [0.3, 0.4) is 0 Å². The fraction of sp³-hybridized carbons (Fsp3) is 0.472. The fourth-order valence-corrected chi connectivity index (χ4v) is 9.47. The monoisotopic (exact) mass is 702 g/mol. The number of rotatable bonds is 13. The second-order valence-electron chi connectivity index (χ2n) is 13.2. The Bertz CT molecular complexity index is 1800. The van der Waals surface area contributed by atoms with E-state index in [4.69, 9.17) is 14.7 Å². The van der Waals surface area contributed by atoms with Crippen molar-refractivity contribution in [3.05, 3.63) is 71.9 Å². The number of anilines is 3. The molecule has 2 aromatic carbocycles. The summed E-state index contributed by atoms with van der Waals surface area (Å²) in [7, 11) is -3.48. The maximum Gasteiger partial charge on any atom is 0.205 e. The number of piperidine rings is 1. The summed E-state index contributed by atoms with van der Waals surface area (Å²) in [6, 6.07) is 19.7. The van der Waals surface area contributed by atoms with Gasteiger partial charge in [-0.3, -0.25) is 14.9 Å². The number of hydrogen-bond donors (Lipinski definition) is 2. The molecule has 2 unspecified atom stereocenters. The summed E-state index contributed by atoms with van der Waals surface area (Å²) in [4.78, 5) is 18.8. The van der Waals surface area contributed by atoms with Crippen molar-refractivity contribution in [3.63, 3.8) is 0 Å². The Hall–Kier alpha value is -3.65. The van der Waals surface area contributed by atoms with E-state index in [0.717, 1.165) is 73.3 Å². The van der Waals surface area contributed by atoms with Crippen molar-refractivity contribution >= 4 is 39.1 Å². The van der Waals surface area contributed by atoms with Crippen LogP contribution in [0.5, 0.6) is 5.75 Å². The third-order valence-electron chi connectivity index (χ3n) is 9.85. The number of piperazine rings is 1. The van der Waals surface area contributed by atoms with E-state index in [1.165, 1.54) is 43.9 Å². The van der Waals surface area contributed by atoms with Crippen LogP contribution in [0.2, 0.25) is 0 Å². The average Bonchev–Trinajstić information content (AvgIpc) is 3.61. The molecule has 3 aliphatic rings. The molecule has 4 aromatic rings. The average molecular weight is 703 g/mol. The molecule has 49 heavy (non-hydrogen) atoms. The van der Waals surface area contributed by atoms with E-state index >= 15 is 0 Å². The number of benzene rings is 2. The second-order valence-corrected chi connectivity index (χ2v) is 16.2. The number of fused-ring (bicyclic) bond motifs is 2. The van der Waals surface area contributed by atoms with Crippen molar-refractivity contribution in [2.75, 3.05) is 56.1 Å². The molecular formula is C36H46N8O3S2. The predicted octanol–water partition coefficient (Wildman–Crippen LogP) is 5.91. The first kappa shape index (κ1) is 33.8. The number of nitrogens with zero attached hydrogens (tertiary/aromatic N) is 6. The number of nitrogens with one attached hydrogen (secondary N) is 2. The van der Waals surface area contributed by atoms with Crippen molar-refractivity contribution in [3.8, 4) is 5.75 Å². The maximum atomic E-state index is 13.1. The van der Waals surface area contributed by atoms with E-state index in [1.54, 1.807) is 12.1 Å². The van der Waals surface area contributed by atoms with Gasteiger partial charge in [0.25, 0.3) is 0 Å². The summed E-state index contributed by atoms with van der Waals surface area (Å²) in [5, 5.41) is 11.3. The van der Waals surface area contributed by atoms with Crippen molar-refractivity contribution < 1.29 is 13.2 Å². The minimum Gasteiger partial charge on any atom is -0.487 e. The lowest BCUT2D eigenvalue weighted by Crippen LogP contribution is -2.50. The Labute approximate surface area is 293 Å². The highest BCUT2D eigenvalue weighted by Gasteiger charge is 2.36. The van der Waals surface area contributed by atoms with Gasteiger partial charge in [-0.1, -0.05) is 36.8 Å². The van der Waals surface area contributed by atoms with Crippen molar-refractivity contribution in [2.24, 2.45) is 0 Å². The summed E-state index contributed by atoms with van der Waals surface area (Å²) in [5.74, 6) is 2.51. The quantitative estimate of drug-likeness (QED) is 0.162. The molecule has 0 spiro atoms. The molecule has 3 aliphatic heterocycles. The molecular weight excluding hydrogens is 657 g/mol. The smallest absolute Gasteiger partial charge is 0.205 e. The van der Waals surface area contributed by atoms with E-state index in [-0.39, 0.29) is 10.6 Å². The number of ether oxygens (including phenoxy) is 1. The van der Waals surface area contributed by atoms with Crippen molar-refractivity contribution in [2.45, 2.75) is 78.7 Å². The van der Waals surface area contributed by atoms with Gasteiger partial charge in [0.15, 0.2) is 32.4 Å². The van der Waals surface area contributed by atoms with Gasteiger partial charge < -0.3 is 15.0 Å². The topological polar surface area (TPSA) is 120 Å². The molecule has 2 bridgehead atoms. The van der Waals surface area contributed by atoms with Gasteiger partial charge in [0, 0.05) is 68.0 Å². The Morgan fingerprint density at radius 3 is 2.35 bits per heavy atom. The van der Waals surface area contributed by atoms with E-state index in [9.17, 15) is 8.42 Å². The Morgan fingerprint density at radius 1 is 0.939 bits per heavy atom. The largest absolute Gasteiger partial charge is 0.487 e. The third-order valence-corrected chi connectivity index (χ3v) is 12.4. The summed E-state index contributed by atoms with van der Waals surface area (Å²) in [6.07, 6.45) is 6.87. The van der Waals surface area contributed by atoms with Gasteiger partial charge in [-0.2, -0.15) is 5.10 Å². The molecule has 7 rings (SSSR count). The lowest BCUT2D eigenvalue weighted by molar-refractivity contribution is 0.116. The van der Waals surface area contributed by atoms with Crippen LogP contribution in [0.1, 0.15) is 50.3 Å². The number of aromatic amines is 1. The van der Waals surface area contributed by atoms with Crippen LogP contribution >= 0.6 is 11.8 Å². The number of sulfone groups is 1. The fourth-order valence-electron chi connectivity index (χ4n) is 7.37. The standard InChI is InChI=1S/C36H46N8O3S2/c1-3-47-33-34(37-32-24-26(2)40-41-32)38-36(48-30-14-16-31(17-15-30)49(45,46)25-27-8-5-4-6-9-27)39-35(33)43-21-18-42(19-22-43)20-23-44-28-10-7-11-29(44)13-12-28/h4-6,8-9,14-17,24,28-29H,3,7,10-13,18-23,25H2,1-2H3,(H2,37,38,39,40,41). The van der Waals surface area contributed by atoms with Crippen LogP contribution in [0, 0.1) is 6.92 Å². The van der Waals surface area contributed by atoms with Gasteiger partial charge in [0.2, 0.25) is 5.75 Å². The van der Waals surface area contributed by atoms with Crippen molar-refractivity contribution in [1.82, 2.24) is 30.0 Å². The van der Waals surface area contributed by atoms with Gasteiger partial charge in [0.05, 0.1) is 17.3 Å². The highest BCUT2D eigenvalue weighted by molar-refractivity contribution is 7.99. The van der Waals surface area contributed by atoms with Gasteiger partial charge in [-0.15, -0.1) is 0 Å². The van der Waals surface area contributed by atoms with Crippen LogP contribution in [0.4, 0.5) is 17.5 Å². The zero-order valence-corrected chi connectivity index (χ0v) is 30.0. The van der Waals surface area contributed by atoms with E-state index < -0.39 is 9.84 Å². The first-order valence-corrected chi connectivity index (χ1v) is 19.9. The molecule has 260 valence electrons.